The molecule has 0 fully saturated rings. The van der Waals surface area contributed by atoms with Crippen LogP contribution in [0.4, 0.5) is 17.1 Å². The Morgan fingerprint density at radius 3 is 1.32 bits per heavy atom. The Morgan fingerprint density at radius 2 is 0.900 bits per heavy atom. The van der Waals surface area contributed by atoms with Gasteiger partial charge in [-0.3, -0.25) is 0 Å². The van der Waals surface area contributed by atoms with E-state index in [1.165, 1.54) is 91.2 Å². The zero-order valence-electron chi connectivity index (χ0n) is 47.0. The van der Waals surface area contributed by atoms with Crippen LogP contribution in [0.2, 0.25) is 0 Å². The van der Waals surface area contributed by atoms with Crippen LogP contribution in [0, 0.1) is 0 Å². The van der Waals surface area contributed by atoms with Gasteiger partial charge in [-0.2, -0.15) is 0 Å². The van der Waals surface area contributed by atoms with Gasteiger partial charge in [-0.15, -0.1) is 0 Å². The molecule has 0 bridgehead atoms. The quantitative estimate of drug-likeness (QED) is 0.0360. The molecule has 6 aromatic carbocycles. The van der Waals surface area contributed by atoms with Crippen LogP contribution in [0.15, 0.2) is 146 Å². The highest BCUT2D eigenvalue weighted by atomic mass is 33.1. The largest absolute Gasteiger partial charge is 0.739 e. The lowest BCUT2D eigenvalue weighted by atomic mass is 10.0. The molecule has 11 rings (SSSR count). The maximum Gasteiger partial charge on any atom is 0.285 e. The number of rotatable bonds is 18. The summed E-state index contributed by atoms with van der Waals surface area (Å²) in [5, 5.41) is 0. The van der Waals surface area contributed by atoms with Crippen LogP contribution in [0.3, 0.4) is 0 Å². The fourth-order valence-electron chi connectivity index (χ4n) is 11.3. The molecule has 0 saturated carbocycles. The normalized spacial score (nSPS) is 14.5. The van der Waals surface area contributed by atoms with Crippen molar-refractivity contribution in [2.24, 2.45) is 28.2 Å². The van der Waals surface area contributed by atoms with Crippen molar-refractivity contribution in [2.75, 3.05) is 72.7 Å². The second kappa shape index (κ2) is 25.4. The van der Waals surface area contributed by atoms with Gasteiger partial charge in [0, 0.05) is 92.3 Å². The Hall–Kier alpha value is -6.69. The molecule has 3 aromatic heterocycles. The molecular weight excluding hydrogens is 1070 g/mol. The third-order valence-electron chi connectivity index (χ3n) is 15.6. The van der Waals surface area contributed by atoms with Gasteiger partial charge in [0.15, 0.2) is 33.1 Å². The number of aromatic nitrogens is 6. The van der Waals surface area contributed by atoms with Crippen molar-refractivity contribution in [3.63, 3.8) is 0 Å². The van der Waals surface area contributed by atoms with E-state index in [1.54, 1.807) is 0 Å². The van der Waals surface area contributed by atoms with Gasteiger partial charge >= 0.3 is 0 Å². The summed E-state index contributed by atoms with van der Waals surface area (Å²) in [5.41, 5.74) is 17.6. The number of imidazole rings is 3. The molecule has 0 aliphatic carbocycles. The smallest absolute Gasteiger partial charge is 0.285 e. The van der Waals surface area contributed by atoms with E-state index in [4.69, 9.17) is 0 Å². The predicted molar refractivity (Wildman–Crippen MR) is 340 cm³/mol. The van der Waals surface area contributed by atoms with Gasteiger partial charge in [0.05, 0.1) is 41.3 Å². The second-order valence-corrected chi connectivity index (χ2v) is 26.9. The molecule has 12 nitrogen and oxygen atoms in total. The number of nitrogens with zero attached hydrogens (tertiary/aromatic N) is 9. The van der Waals surface area contributed by atoms with E-state index in [0.717, 1.165) is 67.6 Å². The van der Waals surface area contributed by atoms with Crippen LogP contribution < -0.4 is 28.4 Å². The topological polar surface area (TPSA) is 93.3 Å². The van der Waals surface area contributed by atoms with E-state index < -0.39 is 9.15 Å². The van der Waals surface area contributed by atoms with Gasteiger partial charge in [0.2, 0.25) is 0 Å². The van der Waals surface area contributed by atoms with E-state index in [-0.39, 0.29) is 5.75 Å². The SMILES string of the molecule is CN(CCSS(=O)(=O)[O-])c1ccc(/C=C/c2n(C)c3ccccc3[n+]2C)cc1.CN(CCSSCCN(C)c1ccc(/C=C2\CCCn3c2[n+](C)c2ccccc23)cc1)c1ccc(/C=C2\CCCn3c2[n+](C)c2ccccc23)cc1. The van der Waals surface area contributed by atoms with Crippen LogP contribution in [-0.2, 0) is 50.4 Å². The van der Waals surface area contributed by atoms with Gasteiger partial charge in [0.1, 0.15) is 9.15 Å². The number of fused-ring (bicyclic) bond motifs is 7. The van der Waals surface area contributed by atoms with Crippen molar-refractivity contribution < 1.29 is 26.7 Å². The average Bonchev–Trinajstić information content (AvgIpc) is 4.15. The molecule has 16 heteroatoms. The number of aryl methyl sites for hydroxylation is 6. The molecule has 0 saturated heterocycles. The third-order valence-corrected chi connectivity index (χ3v) is 20.0. The van der Waals surface area contributed by atoms with E-state index in [1.807, 2.05) is 69.9 Å². The Kier molecular flexibility index (Phi) is 18.0. The van der Waals surface area contributed by atoms with Crippen molar-refractivity contribution in [1.29, 1.82) is 0 Å². The summed E-state index contributed by atoms with van der Waals surface area (Å²) in [6.45, 7) is 4.71. The Labute approximate surface area is 483 Å². The molecule has 0 radical (unpaired) electrons. The van der Waals surface area contributed by atoms with E-state index in [9.17, 15) is 13.0 Å². The van der Waals surface area contributed by atoms with Crippen molar-refractivity contribution in [3.8, 4) is 0 Å². The van der Waals surface area contributed by atoms with Crippen molar-refractivity contribution in [1.82, 2.24) is 13.7 Å². The standard InChI is InChI=1S/C44H50N6S2.C20H23N3O3S2/c1-45(37-21-17-33(18-22-37)31-35-11-9-25-49-41-15-7-5-13-39(41)47(3)43(35)49)27-29-51-52-30-28-46(2)38-23-19-34(20-24-38)32-36-12-10-26-50-42-16-8-6-14-40(42)48(4)44(36)50;1-21(14-15-27-28(24,25)26)17-11-8-16(9-12-17)10-13-20-22(2)18-6-4-5-7-19(18)23(20)3/h5-8,13-24,31-32H,9-12,25-30H2,1-4H3;4-13H,14-15H2,1-3H3/q+2;. The first kappa shape index (κ1) is 56.6. The maximum absolute atomic E-state index is 10.7. The Morgan fingerprint density at radius 1 is 0.512 bits per heavy atom. The third kappa shape index (κ3) is 12.9. The second-order valence-electron chi connectivity index (χ2n) is 20.8. The first-order valence-corrected chi connectivity index (χ1v) is 32.9. The minimum Gasteiger partial charge on any atom is -0.739 e. The Balaban J connectivity index is 0.000000217. The van der Waals surface area contributed by atoms with Crippen LogP contribution in [0.25, 0.3) is 68.6 Å². The summed E-state index contributed by atoms with van der Waals surface area (Å²) in [7, 11) is 15.0. The van der Waals surface area contributed by atoms with Crippen LogP contribution >= 0.6 is 32.4 Å². The number of anilines is 3. The molecule has 0 amide bonds. The highest BCUT2D eigenvalue weighted by molar-refractivity contribution is 8.76. The van der Waals surface area contributed by atoms with Crippen molar-refractivity contribution >= 4 is 127 Å². The van der Waals surface area contributed by atoms with E-state index >= 15 is 0 Å². The summed E-state index contributed by atoms with van der Waals surface area (Å²) in [5.74, 6) is 6.21. The van der Waals surface area contributed by atoms with Crippen molar-refractivity contribution in [3.05, 3.63) is 180 Å². The lowest BCUT2D eigenvalue weighted by molar-refractivity contribution is -0.648. The molecule has 414 valence electrons. The molecule has 2 aliphatic heterocycles. The molecule has 9 aromatic rings. The van der Waals surface area contributed by atoms with Gasteiger partial charge < -0.3 is 19.3 Å². The minimum absolute atomic E-state index is 0.238. The summed E-state index contributed by atoms with van der Waals surface area (Å²) >= 11 is 0. The molecule has 0 N–H and O–H groups in total. The van der Waals surface area contributed by atoms with Gasteiger partial charge in [-0.05, 0) is 144 Å². The molecular formula is C64H73N9O3S4+2. The molecule has 5 heterocycles. The zero-order valence-corrected chi connectivity index (χ0v) is 50.3. The average molecular weight is 1140 g/mol. The first-order valence-electron chi connectivity index (χ1n) is 27.5. The number of hydrogen-bond donors (Lipinski definition) is 0. The monoisotopic (exact) mass is 1140 g/mol. The molecule has 0 unspecified atom stereocenters. The lowest BCUT2D eigenvalue weighted by Gasteiger charge is -2.20. The molecule has 2 aliphatic rings. The summed E-state index contributed by atoms with van der Waals surface area (Å²) in [6.07, 6.45) is 13.5. The predicted octanol–water partition coefficient (Wildman–Crippen LogP) is 11.7. The summed E-state index contributed by atoms with van der Waals surface area (Å²) < 4.78 is 46.0. The molecule has 80 heavy (non-hydrogen) atoms. The van der Waals surface area contributed by atoms with Crippen LogP contribution in [0.1, 0.15) is 59.8 Å². The highest BCUT2D eigenvalue weighted by Gasteiger charge is 2.30. The van der Waals surface area contributed by atoms with Crippen LogP contribution in [0.5, 0.6) is 0 Å². The lowest BCUT2D eigenvalue weighted by Crippen LogP contribution is -2.33. The fraction of sp³-hybridized carbons (Fsp3) is 0.297. The highest BCUT2D eigenvalue weighted by Crippen LogP contribution is 2.33. The summed E-state index contributed by atoms with van der Waals surface area (Å²) in [4.78, 5) is 6.67. The number of allylic oxidation sites excluding steroid dienone is 2. The van der Waals surface area contributed by atoms with Gasteiger partial charge in [-0.1, -0.05) is 94.4 Å². The van der Waals surface area contributed by atoms with E-state index in [0.29, 0.717) is 17.3 Å². The molecule has 0 spiro atoms. The van der Waals surface area contributed by atoms with Crippen LogP contribution in [-0.4, -0.2) is 84.7 Å². The number of benzene rings is 6. The Bertz CT molecular complexity index is 3640. The summed E-state index contributed by atoms with van der Waals surface area (Å²) in [6, 6.07) is 52.0. The van der Waals surface area contributed by atoms with E-state index in [2.05, 4.69) is 213 Å². The zero-order chi connectivity index (χ0) is 55.9. The van der Waals surface area contributed by atoms with Gasteiger partial charge in [0.25, 0.3) is 17.5 Å². The van der Waals surface area contributed by atoms with Gasteiger partial charge in [-0.25, -0.2) is 35.8 Å². The number of hydrogen-bond acceptors (Lipinski definition) is 9. The molecule has 0 atom stereocenters. The van der Waals surface area contributed by atoms with Crippen molar-refractivity contribution in [2.45, 2.75) is 38.8 Å². The fourth-order valence-corrected chi connectivity index (χ4v) is 14.7. The maximum atomic E-state index is 10.7. The minimum atomic E-state index is -4.23. The number of para-hydroxylation sites is 6. The first-order chi connectivity index (χ1) is 38.7.